The number of benzene rings is 3. The summed E-state index contributed by atoms with van der Waals surface area (Å²) < 4.78 is 22.2. The van der Waals surface area contributed by atoms with E-state index in [1.54, 1.807) is 51.5 Å². The number of phenolic OH excluding ortho intramolecular Hbond substituents is 2. The normalized spacial score (nSPS) is 20.9. The highest BCUT2D eigenvalue weighted by molar-refractivity contribution is 6.31. The fourth-order valence-electron chi connectivity index (χ4n) is 9.96. The highest BCUT2D eigenvalue weighted by atomic mass is 16.7. The lowest BCUT2D eigenvalue weighted by molar-refractivity contribution is -0.384. The van der Waals surface area contributed by atoms with Gasteiger partial charge in [0.25, 0.3) is 23.4 Å². The summed E-state index contributed by atoms with van der Waals surface area (Å²) in [6.45, 7) is 3.03. The van der Waals surface area contributed by atoms with Crippen molar-refractivity contribution in [2.45, 2.75) is 75.9 Å². The quantitative estimate of drug-likeness (QED) is 0.0421. The summed E-state index contributed by atoms with van der Waals surface area (Å²) in [6.07, 6.45) is -0.897. The van der Waals surface area contributed by atoms with Crippen molar-refractivity contribution in [1.82, 2.24) is 19.0 Å². The summed E-state index contributed by atoms with van der Waals surface area (Å²) >= 11 is 0. The molecule has 6 atom stereocenters. The lowest BCUT2D eigenvalue weighted by atomic mass is 9.72. The van der Waals surface area contributed by atoms with Crippen molar-refractivity contribution in [3.63, 3.8) is 0 Å². The minimum absolute atomic E-state index is 0.0257. The van der Waals surface area contributed by atoms with E-state index in [1.807, 2.05) is 0 Å². The lowest BCUT2D eigenvalue weighted by Gasteiger charge is -2.43. The fraction of sp³-hybridized carbons (Fsp3) is 0.308. The predicted molar refractivity (Wildman–Crippen MR) is 266 cm³/mol. The zero-order chi connectivity index (χ0) is 53.9. The average molecular weight is 1030 g/mol. The number of ether oxygens (including phenoxy) is 3. The summed E-state index contributed by atoms with van der Waals surface area (Å²) in [5.74, 6) is -5.10. The standard InChI is InChI=1S/C52H52N8O15/c1-24-44(62)33(17-39(74-24)75-38-19-52(70,25(2)61)18-32-41(38)48(66)43-42(46(32)64)45(63)31-8-7-9-37(73-6)40(31)47(43)65)53-20-26-10-12-27(13-11-26)54-49(67)34-14-28(21-57(34)3)55-50(68)35-15-29(22-58(35)4)56-51(69)36-16-30(60(71)72)23-59(36)5/h7-16,21-24,33,38-39,44,53,62,64,66,70H,17-20H2,1-6H3,(H,54,67)(H,55,68)(H,56,69)/t24?,33?,38-,39?,44?,52-/m1/s1. The highest BCUT2D eigenvalue weighted by Gasteiger charge is 2.49. The van der Waals surface area contributed by atoms with Crippen LogP contribution in [0.2, 0.25) is 0 Å². The van der Waals surface area contributed by atoms with Gasteiger partial charge in [-0.3, -0.25) is 38.9 Å². The maximum Gasteiger partial charge on any atom is 0.287 e. The number of phenols is 2. The minimum atomic E-state index is -2.11. The average Bonchev–Trinajstić information content (AvgIpc) is 4.07. The van der Waals surface area contributed by atoms with Crippen molar-refractivity contribution >= 4 is 57.8 Å². The molecule has 3 aromatic heterocycles. The van der Waals surface area contributed by atoms with Crippen LogP contribution in [0.25, 0.3) is 0 Å². The van der Waals surface area contributed by atoms with Crippen LogP contribution in [0.15, 0.2) is 79.3 Å². The molecule has 3 amide bonds. The molecule has 4 heterocycles. The van der Waals surface area contributed by atoms with Crippen LogP contribution >= 0.6 is 0 Å². The summed E-state index contributed by atoms with van der Waals surface area (Å²) in [7, 11) is 6.06. The molecule has 390 valence electrons. The Bertz CT molecular complexity index is 3370. The molecule has 2 aliphatic carbocycles. The number of anilines is 3. The van der Waals surface area contributed by atoms with Crippen LogP contribution in [0, 0.1) is 10.1 Å². The number of nitrogens with zero attached hydrogens (tertiary/aromatic N) is 4. The summed E-state index contributed by atoms with van der Waals surface area (Å²) in [5, 5.41) is 69.2. The van der Waals surface area contributed by atoms with E-state index < -0.39 is 112 Å². The number of methoxy groups -OCH3 is 1. The molecule has 6 aromatic rings. The monoisotopic (exact) mass is 1030 g/mol. The van der Waals surface area contributed by atoms with Crippen LogP contribution in [0.1, 0.15) is 113 Å². The molecule has 23 heteroatoms. The van der Waals surface area contributed by atoms with E-state index in [-0.39, 0.29) is 69.4 Å². The number of aromatic nitrogens is 3. The Labute approximate surface area is 426 Å². The molecule has 1 fully saturated rings. The third-order valence-electron chi connectivity index (χ3n) is 14.0. The summed E-state index contributed by atoms with van der Waals surface area (Å²) in [4.78, 5) is 91.0. The molecule has 0 saturated carbocycles. The van der Waals surface area contributed by atoms with Gasteiger partial charge >= 0.3 is 0 Å². The second kappa shape index (κ2) is 19.7. The number of hydrogen-bond acceptors (Lipinski definition) is 16. The number of Topliss-reactive ketones (excluding diaryl/α,β-unsaturated/α-hetero) is 1. The van der Waals surface area contributed by atoms with E-state index in [4.69, 9.17) is 14.2 Å². The second-order valence-corrected chi connectivity index (χ2v) is 18.9. The molecule has 1 aliphatic heterocycles. The molecule has 4 unspecified atom stereocenters. The number of nitrogens with one attached hydrogen (secondary N) is 4. The van der Waals surface area contributed by atoms with Crippen LogP contribution in [0.4, 0.5) is 22.7 Å². The van der Waals surface area contributed by atoms with Crippen molar-refractivity contribution in [2.75, 3.05) is 23.1 Å². The number of aliphatic hydroxyl groups is 2. The number of aromatic hydroxyl groups is 2. The zero-order valence-electron chi connectivity index (χ0n) is 41.3. The number of rotatable bonds is 14. The Morgan fingerprint density at radius 3 is 1.96 bits per heavy atom. The Balaban J connectivity index is 0.835. The number of carbonyl (C=O) groups is 6. The topological polar surface area (TPSA) is 317 Å². The highest BCUT2D eigenvalue weighted by Crippen LogP contribution is 2.52. The van der Waals surface area contributed by atoms with Gasteiger partial charge in [0.2, 0.25) is 5.78 Å². The van der Waals surface area contributed by atoms with Gasteiger partial charge in [0.1, 0.15) is 39.9 Å². The van der Waals surface area contributed by atoms with Crippen molar-refractivity contribution < 1.29 is 68.3 Å². The van der Waals surface area contributed by atoms with Gasteiger partial charge in [-0.2, -0.15) is 0 Å². The van der Waals surface area contributed by atoms with Gasteiger partial charge in [-0.15, -0.1) is 0 Å². The smallest absolute Gasteiger partial charge is 0.287 e. The molecule has 1 saturated heterocycles. The number of fused-ring (bicyclic) bond motifs is 3. The molecule has 3 aromatic carbocycles. The number of nitro groups is 1. The van der Waals surface area contributed by atoms with Crippen LogP contribution < -0.4 is 26.0 Å². The van der Waals surface area contributed by atoms with Gasteiger partial charge in [-0.1, -0.05) is 24.3 Å². The van der Waals surface area contributed by atoms with Crippen LogP contribution in [0.3, 0.4) is 0 Å². The van der Waals surface area contributed by atoms with Gasteiger partial charge in [-0.25, -0.2) is 0 Å². The third kappa shape index (κ3) is 9.53. The van der Waals surface area contributed by atoms with Crippen LogP contribution in [-0.2, 0) is 48.4 Å². The molecule has 23 nitrogen and oxygen atoms in total. The number of hydrogen-bond donors (Lipinski definition) is 8. The first kappa shape index (κ1) is 51.4. The number of amides is 3. The molecule has 8 N–H and O–H groups in total. The number of aliphatic hydroxyl groups excluding tert-OH is 1. The first-order chi connectivity index (χ1) is 35.6. The second-order valence-electron chi connectivity index (χ2n) is 18.9. The number of ketones is 3. The SMILES string of the molecule is COc1cccc2c1C(=O)c1c(O)c3c(c(O)c1C2=O)C[C@](O)(C(C)=O)C[C@H]3OC1CC(NCc2ccc(NC(=O)c3cc(NC(=O)c4cc(NC(=O)c5cc([N+](=O)[O-])cn5C)cn4C)cn3C)cc2)C(O)C(C)O1. The van der Waals surface area contributed by atoms with Crippen molar-refractivity contribution in [3.05, 3.63) is 145 Å². The van der Waals surface area contributed by atoms with Gasteiger partial charge in [0, 0.05) is 93.8 Å². The maximum absolute atomic E-state index is 14.1. The van der Waals surface area contributed by atoms with Crippen molar-refractivity contribution in [3.8, 4) is 17.2 Å². The lowest BCUT2D eigenvalue weighted by Crippen LogP contribution is -2.54. The van der Waals surface area contributed by atoms with Crippen molar-refractivity contribution in [1.29, 1.82) is 0 Å². The predicted octanol–water partition coefficient (Wildman–Crippen LogP) is 4.54. The summed E-state index contributed by atoms with van der Waals surface area (Å²) in [6, 6.07) is 14.7. The largest absolute Gasteiger partial charge is 0.507 e. The molecule has 0 radical (unpaired) electrons. The molecule has 0 spiro atoms. The molecule has 3 aliphatic rings. The molecular formula is C52H52N8O15. The first-order valence-electron chi connectivity index (χ1n) is 23.6. The van der Waals surface area contributed by atoms with E-state index >= 15 is 0 Å². The zero-order valence-corrected chi connectivity index (χ0v) is 41.3. The van der Waals surface area contributed by atoms with E-state index in [1.165, 1.54) is 70.6 Å². The number of carbonyl (C=O) groups excluding carboxylic acids is 6. The van der Waals surface area contributed by atoms with Gasteiger partial charge in [-0.05, 0) is 49.7 Å². The van der Waals surface area contributed by atoms with E-state index in [0.717, 1.165) is 18.6 Å². The molecule has 75 heavy (non-hydrogen) atoms. The maximum atomic E-state index is 14.1. The third-order valence-corrected chi connectivity index (χ3v) is 14.0. The summed E-state index contributed by atoms with van der Waals surface area (Å²) in [5.41, 5.74) is -1.45. The number of aryl methyl sites for hydroxylation is 3. The Hall–Kier alpha value is -8.48. The van der Waals surface area contributed by atoms with E-state index in [0.29, 0.717) is 11.4 Å². The molecule has 0 bridgehead atoms. The Kier molecular flexibility index (Phi) is 13.5. The van der Waals surface area contributed by atoms with Crippen molar-refractivity contribution in [2.24, 2.45) is 21.1 Å². The Morgan fingerprint density at radius 1 is 0.813 bits per heavy atom. The molecular weight excluding hydrogens is 977 g/mol. The Morgan fingerprint density at radius 2 is 1.39 bits per heavy atom. The van der Waals surface area contributed by atoms with Gasteiger partial charge in [0.05, 0.1) is 64.6 Å². The van der Waals surface area contributed by atoms with Gasteiger partial charge in [0.15, 0.2) is 17.9 Å². The van der Waals surface area contributed by atoms with Gasteiger partial charge < -0.3 is 69.6 Å². The van der Waals surface area contributed by atoms with E-state index in [9.17, 15) is 59.3 Å². The fourth-order valence-corrected chi connectivity index (χ4v) is 9.96. The van der Waals surface area contributed by atoms with Crippen LogP contribution in [-0.4, -0.2) is 111 Å². The minimum Gasteiger partial charge on any atom is -0.507 e. The van der Waals surface area contributed by atoms with E-state index in [2.05, 4.69) is 21.3 Å². The first-order valence-corrected chi connectivity index (χ1v) is 23.6. The van der Waals surface area contributed by atoms with Crippen LogP contribution in [0.5, 0.6) is 17.2 Å². The molecule has 9 rings (SSSR count).